The molecule has 2 nitrogen and oxygen atoms in total. The molecule has 19 heavy (non-hydrogen) atoms. The van der Waals surface area contributed by atoms with Crippen LogP contribution in [0.25, 0.3) is 0 Å². The molecule has 0 aliphatic carbocycles. The Kier molecular flexibility index (Phi) is 6.27. The van der Waals surface area contributed by atoms with Crippen molar-refractivity contribution in [2.75, 3.05) is 11.9 Å². The summed E-state index contributed by atoms with van der Waals surface area (Å²) in [4.78, 5) is 12.0. The first-order valence-corrected chi connectivity index (χ1v) is 7.77. The molecular formula is C14H18BrClFNO. The van der Waals surface area contributed by atoms with Crippen LogP contribution in [-0.4, -0.2) is 17.8 Å². The van der Waals surface area contributed by atoms with Crippen LogP contribution in [0.4, 0.5) is 4.39 Å². The molecule has 0 radical (unpaired) electrons. The van der Waals surface area contributed by atoms with Gasteiger partial charge in [-0.3, -0.25) is 4.79 Å². The van der Waals surface area contributed by atoms with Crippen LogP contribution in [0.1, 0.15) is 37.0 Å². The fraction of sp³-hybridized carbons (Fsp3) is 0.500. The summed E-state index contributed by atoms with van der Waals surface area (Å²) in [5, 5.41) is 3.84. The molecule has 1 N–H and O–H groups in total. The molecule has 5 heteroatoms. The SMILES string of the molecule is CCC(CC)(CBr)CNC(=O)c1ccc(F)cc1Cl. The van der Waals surface area contributed by atoms with Crippen molar-refractivity contribution in [2.24, 2.45) is 5.41 Å². The van der Waals surface area contributed by atoms with Gasteiger partial charge in [-0.15, -0.1) is 0 Å². The summed E-state index contributed by atoms with van der Waals surface area (Å²) in [6, 6.07) is 3.78. The molecule has 0 bridgehead atoms. The van der Waals surface area contributed by atoms with Gasteiger partial charge in [-0.25, -0.2) is 4.39 Å². The van der Waals surface area contributed by atoms with E-state index < -0.39 is 5.82 Å². The third kappa shape index (κ3) is 4.18. The number of nitrogens with one attached hydrogen (secondary N) is 1. The van der Waals surface area contributed by atoms with Crippen molar-refractivity contribution in [3.8, 4) is 0 Å². The smallest absolute Gasteiger partial charge is 0.252 e. The van der Waals surface area contributed by atoms with Crippen LogP contribution in [0.5, 0.6) is 0 Å². The van der Waals surface area contributed by atoms with Crippen LogP contribution in [-0.2, 0) is 0 Å². The van der Waals surface area contributed by atoms with Crippen molar-refractivity contribution in [1.29, 1.82) is 0 Å². The highest BCUT2D eigenvalue weighted by Crippen LogP contribution is 2.28. The molecule has 0 unspecified atom stereocenters. The Labute approximate surface area is 126 Å². The molecule has 1 amide bonds. The molecular weight excluding hydrogens is 333 g/mol. The lowest BCUT2D eigenvalue weighted by Crippen LogP contribution is -2.38. The van der Waals surface area contributed by atoms with Gasteiger partial charge < -0.3 is 5.32 Å². The summed E-state index contributed by atoms with van der Waals surface area (Å²) in [6.07, 6.45) is 1.93. The van der Waals surface area contributed by atoms with Crippen LogP contribution < -0.4 is 5.32 Å². The maximum absolute atomic E-state index is 12.9. The van der Waals surface area contributed by atoms with Crippen LogP contribution in [0.15, 0.2) is 18.2 Å². The van der Waals surface area contributed by atoms with Gasteiger partial charge in [0, 0.05) is 11.9 Å². The lowest BCUT2D eigenvalue weighted by Gasteiger charge is -2.29. The number of carbonyl (C=O) groups is 1. The Hall–Kier alpha value is -0.610. The zero-order chi connectivity index (χ0) is 14.5. The maximum atomic E-state index is 12.9. The van der Waals surface area contributed by atoms with Gasteiger partial charge in [0.25, 0.3) is 5.91 Å². The van der Waals surface area contributed by atoms with Crippen LogP contribution in [0, 0.1) is 11.2 Å². The summed E-state index contributed by atoms with van der Waals surface area (Å²) >= 11 is 9.36. The van der Waals surface area contributed by atoms with Crippen molar-refractivity contribution < 1.29 is 9.18 Å². The number of carbonyl (C=O) groups excluding carboxylic acids is 1. The monoisotopic (exact) mass is 349 g/mol. The molecule has 0 saturated carbocycles. The average Bonchev–Trinajstić information content (AvgIpc) is 2.40. The minimum absolute atomic E-state index is 0.0438. The van der Waals surface area contributed by atoms with Gasteiger partial charge in [0.1, 0.15) is 5.82 Å². The van der Waals surface area contributed by atoms with Crippen LogP contribution in [0.3, 0.4) is 0 Å². The number of benzene rings is 1. The van der Waals surface area contributed by atoms with E-state index >= 15 is 0 Å². The van der Waals surface area contributed by atoms with E-state index in [1.165, 1.54) is 12.1 Å². The molecule has 0 aliphatic rings. The van der Waals surface area contributed by atoms with Gasteiger partial charge in [0.2, 0.25) is 0 Å². The largest absolute Gasteiger partial charge is 0.351 e. The molecule has 1 rings (SSSR count). The lowest BCUT2D eigenvalue weighted by atomic mass is 9.84. The van der Waals surface area contributed by atoms with E-state index in [2.05, 4.69) is 35.1 Å². The molecule has 0 aliphatic heterocycles. The number of halogens is 3. The molecule has 1 aromatic rings. The minimum Gasteiger partial charge on any atom is -0.351 e. The van der Waals surface area contributed by atoms with Crippen molar-refractivity contribution in [3.05, 3.63) is 34.6 Å². The Morgan fingerprint density at radius 2 is 2.05 bits per heavy atom. The van der Waals surface area contributed by atoms with Gasteiger partial charge in [0.05, 0.1) is 10.6 Å². The van der Waals surface area contributed by atoms with E-state index in [4.69, 9.17) is 11.6 Å². The van der Waals surface area contributed by atoms with Crippen LogP contribution >= 0.6 is 27.5 Å². The van der Waals surface area contributed by atoms with Gasteiger partial charge in [-0.05, 0) is 36.5 Å². The number of hydrogen-bond donors (Lipinski definition) is 1. The summed E-state index contributed by atoms with van der Waals surface area (Å²) in [5.74, 6) is -0.712. The summed E-state index contributed by atoms with van der Waals surface area (Å²) in [6.45, 7) is 4.77. The first-order valence-electron chi connectivity index (χ1n) is 6.27. The fourth-order valence-corrected chi connectivity index (χ4v) is 3.02. The van der Waals surface area contributed by atoms with E-state index in [0.29, 0.717) is 12.1 Å². The second-order valence-corrected chi connectivity index (χ2v) is 5.62. The highest BCUT2D eigenvalue weighted by molar-refractivity contribution is 9.09. The Bertz CT molecular complexity index is 441. The van der Waals surface area contributed by atoms with E-state index in [1.54, 1.807) is 0 Å². The molecule has 0 heterocycles. The Morgan fingerprint density at radius 3 is 2.53 bits per heavy atom. The third-order valence-corrected chi connectivity index (χ3v) is 5.09. The van der Waals surface area contributed by atoms with Crippen molar-refractivity contribution in [1.82, 2.24) is 5.32 Å². The molecule has 106 valence electrons. The summed E-state index contributed by atoms with van der Waals surface area (Å²) < 4.78 is 12.9. The highest BCUT2D eigenvalue weighted by atomic mass is 79.9. The number of hydrogen-bond acceptors (Lipinski definition) is 1. The molecule has 0 atom stereocenters. The first kappa shape index (κ1) is 16.4. The van der Waals surface area contributed by atoms with E-state index in [-0.39, 0.29) is 16.3 Å². The third-order valence-electron chi connectivity index (χ3n) is 3.58. The molecule has 1 aromatic carbocycles. The summed E-state index contributed by atoms with van der Waals surface area (Å²) in [7, 11) is 0. The molecule has 0 spiro atoms. The molecule has 0 fully saturated rings. The second-order valence-electron chi connectivity index (χ2n) is 4.65. The van der Waals surface area contributed by atoms with E-state index in [1.807, 2.05) is 0 Å². The zero-order valence-electron chi connectivity index (χ0n) is 11.1. The van der Waals surface area contributed by atoms with E-state index in [9.17, 15) is 9.18 Å². The number of amides is 1. The molecule has 0 saturated heterocycles. The van der Waals surface area contributed by atoms with Crippen molar-refractivity contribution >= 4 is 33.4 Å². The first-order chi connectivity index (χ1) is 8.98. The lowest BCUT2D eigenvalue weighted by molar-refractivity contribution is 0.0932. The standard InChI is InChI=1S/C14H18BrClFNO/c1-3-14(4-2,8-15)9-18-13(19)11-6-5-10(17)7-12(11)16/h5-7H,3-4,8-9H2,1-2H3,(H,18,19). The zero-order valence-corrected chi connectivity index (χ0v) is 13.4. The van der Waals surface area contributed by atoms with Gasteiger partial charge >= 0.3 is 0 Å². The van der Waals surface area contributed by atoms with Crippen molar-refractivity contribution in [2.45, 2.75) is 26.7 Å². The Balaban J connectivity index is 2.75. The minimum atomic E-state index is -0.446. The topological polar surface area (TPSA) is 29.1 Å². The van der Waals surface area contributed by atoms with Crippen molar-refractivity contribution in [3.63, 3.8) is 0 Å². The molecule has 0 aromatic heterocycles. The number of rotatable bonds is 6. The fourth-order valence-electron chi connectivity index (χ4n) is 1.77. The Morgan fingerprint density at radius 1 is 1.42 bits per heavy atom. The van der Waals surface area contributed by atoms with Gasteiger partial charge in [-0.2, -0.15) is 0 Å². The average molecular weight is 351 g/mol. The highest BCUT2D eigenvalue weighted by Gasteiger charge is 2.25. The van der Waals surface area contributed by atoms with Gasteiger partial charge in [-0.1, -0.05) is 41.4 Å². The quantitative estimate of drug-likeness (QED) is 0.757. The second kappa shape index (κ2) is 7.25. The predicted molar refractivity (Wildman–Crippen MR) is 80.6 cm³/mol. The summed E-state index contributed by atoms with van der Waals surface area (Å²) in [5.41, 5.74) is 0.348. The van der Waals surface area contributed by atoms with Gasteiger partial charge in [0.15, 0.2) is 0 Å². The van der Waals surface area contributed by atoms with Crippen LogP contribution in [0.2, 0.25) is 5.02 Å². The number of alkyl halides is 1. The predicted octanol–water partition coefficient (Wildman–Crippen LogP) is 4.41. The maximum Gasteiger partial charge on any atom is 0.252 e. The normalized spacial score (nSPS) is 11.4. The van der Waals surface area contributed by atoms with E-state index in [0.717, 1.165) is 24.2 Å².